The van der Waals surface area contributed by atoms with Crippen LogP contribution in [0, 0.1) is 0 Å². The number of halogens is 2. The highest BCUT2D eigenvalue weighted by Crippen LogP contribution is 2.49. The zero-order valence-electron chi connectivity index (χ0n) is 52.5. The number of rotatable bonds is 34. The van der Waals surface area contributed by atoms with Gasteiger partial charge in [0.05, 0.1) is 39.3 Å². The van der Waals surface area contributed by atoms with Crippen LogP contribution in [0.2, 0.25) is 0 Å². The van der Waals surface area contributed by atoms with Crippen LogP contribution < -0.4 is 48.0 Å². The van der Waals surface area contributed by atoms with Crippen molar-refractivity contribution in [1.29, 1.82) is 0 Å². The van der Waals surface area contributed by atoms with Crippen molar-refractivity contribution in [2.24, 2.45) is 0 Å². The van der Waals surface area contributed by atoms with E-state index in [0.717, 1.165) is 25.7 Å². The average Bonchev–Trinajstić information content (AvgIpc) is 1.49. The van der Waals surface area contributed by atoms with Crippen LogP contribution in [0.25, 0.3) is 0 Å². The molecule has 0 N–H and O–H groups in total. The Morgan fingerprint density at radius 1 is 0.250 bits per heavy atom. The molecule has 2 nitrogen and oxygen atoms in total. The molecule has 2 atom stereocenters. The summed E-state index contributed by atoms with van der Waals surface area (Å²) in [5.74, 6) is 0. The molecule has 2 unspecified atom stereocenters. The second-order valence-electron chi connectivity index (χ2n) is 23.8. The maximum absolute atomic E-state index is 2.41. The van der Waals surface area contributed by atoms with Gasteiger partial charge in [0.1, 0.15) is 12.1 Å². The Balaban J connectivity index is 0.000000300. The van der Waals surface area contributed by atoms with Crippen LogP contribution in [0.1, 0.15) is 201 Å². The van der Waals surface area contributed by atoms with E-state index in [4.69, 9.17) is 0 Å². The van der Waals surface area contributed by atoms with Crippen molar-refractivity contribution in [3.63, 3.8) is 0 Å². The molecule has 84 heavy (non-hydrogen) atoms. The number of benzene rings is 8. The molecule has 0 radical (unpaired) electrons. The van der Waals surface area contributed by atoms with E-state index >= 15 is 0 Å². The monoisotopic (exact) mass is 1350 g/mol. The normalized spacial score (nSPS) is 12.5. The van der Waals surface area contributed by atoms with Gasteiger partial charge in [-0.2, -0.15) is 0 Å². The molecule has 8 rings (SSSR count). The Hall–Kier alpha value is -4.86. The Kier molecular flexibility index (Phi) is 31.3. The lowest BCUT2D eigenvalue weighted by molar-refractivity contribution is -0.958. The quantitative estimate of drug-likeness (QED) is 0.0214. The van der Waals surface area contributed by atoms with Crippen molar-refractivity contribution in [2.75, 3.05) is 39.3 Å². The Labute approximate surface area is 546 Å². The molecule has 0 heterocycles. The second kappa shape index (κ2) is 37.6. The van der Waals surface area contributed by atoms with Gasteiger partial charge in [0.25, 0.3) is 0 Å². The first-order valence-electron chi connectivity index (χ1n) is 32.5. The van der Waals surface area contributed by atoms with Crippen LogP contribution in [0.15, 0.2) is 243 Å². The van der Waals surface area contributed by atoms with Crippen molar-refractivity contribution >= 4 is 0 Å². The van der Waals surface area contributed by atoms with Crippen LogP contribution >= 0.6 is 0 Å². The van der Waals surface area contributed by atoms with E-state index in [1.807, 2.05) is 0 Å². The van der Waals surface area contributed by atoms with Gasteiger partial charge in [-0.15, -0.1) is 0 Å². The van der Waals surface area contributed by atoms with Gasteiger partial charge in [0.15, 0.2) is 0 Å². The second-order valence-corrected chi connectivity index (χ2v) is 23.8. The minimum absolute atomic E-state index is 0. The summed E-state index contributed by atoms with van der Waals surface area (Å²) in [4.78, 5) is 0. The molecule has 8 aromatic carbocycles. The maximum atomic E-state index is 2.41. The third-order valence-corrected chi connectivity index (χ3v) is 18.6. The topological polar surface area (TPSA) is 0 Å². The molecule has 0 aliphatic heterocycles. The summed E-state index contributed by atoms with van der Waals surface area (Å²) >= 11 is 0. The van der Waals surface area contributed by atoms with Gasteiger partial charge in [-0.25, -0.2) is 0 Å². The molecular formula is C80H104I2N2. The number of quaternary nitrogens is 2. The number of hydrogen-bond donors (Lipinski definition) is 0. The van der Waals surface area contributed by atoms with Gasteiger partial charge in [-0.1, -0.05) is 323 Å². The Bertz CT molecular complexity index is 2450. The molecular weight excluding hydrogens is 1240 g/mol. The van der Waals surface area contributed by atoms with Crippen molar-refractivity contribution in [3.8, 4) is 0 Å². The molecule has 0 aromatic heterocycles. The fourth-order valence-corrected chi connectivity index (χ4v) is 14.2. The smallest absolute Gasteiger partial charge is 0.115 e. The summed E-state index contributed by atoms with van der Waals surface area (Å²) < 4.78 is 2.43. The highest BCUT2D eigenvalue weighted by Gasteiger charge is 2.44. The van der Waals surface area contributed by atoms with Crippen LogP contribution in [0.5, 0.6) is 0 Å². The van der Waals surface area contributed by atoms with Gasteiger partial charge in [0.2, 0.25) is 0 Å². The minimum Gasteiger partial charge on any atom is -1.00 e. The van der Waals surface area contributed by atoms with Gasteiger partial charge in [0, 0.05) is 34.8 Å². The summed E-state index contributed by atoms with van der Waals surface area (Å²) in [5.41, 5.74) is 10.9. The standard InChI is InChI=1S/2C40H52N.2HI/c2*1-4-7-32-41(33-8-5-2,34-9-6-3)39(35-22-14-10-15-23-35)30-31-40(36-24-16-11-17-25-36,37-26-18-12-19-27-37)38-28-20-13-21-29-38;;/h2*10-29,39H,4-9,30-34H2,1-3H3;2*1H/q2*+1;;/p-2. The number of hydrogen-bond acceptors (Lipinski definition) is 0. The van der Waals surface area contributed by atoms with E-state index in [9.17, 15) is 0 Å². The first-order valence-corrected chi connectivity index (χ1v) is 32.5. The molecule has 4 heteroatoms. The summed E-state index contributed by atoms with van der Waals surface area (Å²) in [6.45, 7) is 21.8. The molecule has 0 spiro atoms. The zero-order chi connectivity index (χ0) is 57.6. The molecule has 0 aliphatic carbocycles. The fraction of sp³-hybridized carbons (Fsp3) is 0.400. The summed E-state index contributed by atoms with van der Waals surface area (Å²) in [7, 11) is 0. The molecule has 0 fully saturated rings. The van der Waals surface area contributed by atoms with E-state index in [1.54, 1.807) is 0 Å². The van der Waals surface area contributed by atoms with Crippen LogP contribution in [-0.2, 0) is 10.8 Å². The fourth-order valence-electron chi connectivity index (χ4n) is 14.2. The largest absolute Gasteiger partial charge is 1.00 e. The van der Waals surface area contributed by atoms with Gasteiger partial charge in [-0.05, 0) is 84.7 Å². The maximum Gasteiger partial charge on any atom is 0.115 e. The lowest BCUT2D eigenvalue weighted by Crippen LogP contribution is -3.00. The summed E-state index contributed by atoms with van der Waals surface area (Å²) in [5, 5.41) is 0. The van der Waals surface area contributed by atoms with E-state index in [1.165, 1.54) is 170 Å². The van der Waals surface area contributed by atoms with Crippen LogP contribution in [0.4, 0.5) is 0 Å². The average molecular weight is 1350 g/mol. The first kappa shape index (κ1) is 69.9. The first-order chi connectivity index (χ1) is 40.4. The SMILES string of the molecule is CCCC[N+](CCCC)(CCCC)C(CCC(c1ccccc1)(c1ccccc1)c1ccccc1)c1ccccc1.CCCC[N+](CCCC)(CCCC)C(CCC(c1ccccc1)(c1ccccc1)c1ccccc1)c1ccccc1.[I-].[I-]. The molecule has 8 aromatic rings. The predicted molar refractivity (Wildman–Crippen MR) is 354 cm³/mol. The molecule has 448 valence electrons. The van der Waals surface area contributed by atoms with Crippen LogP contribution in [-0.4, -0.2) is 48.2 Å². The number of nitrogens with zero attached hydrogens (tertiary/aromatic N) is 2. The molecule has 0 bridgehead atoms. The van der Waals surface area contributed by atoms with E-state index in [0.29, 0.717) is 12.1 Å². The molecule has 0 saturated carbocycles. The van der Waals surface area contributed by atoms with Crippen LogP contribution in [0.3, 0.4) is 0 Å². The van der Waals surface area contributed by atoms with Crippen molar-refractivity contribution in [2.45, 2.75) is 167 Å². The summed E-state index contributed by atoms with van der Waals surface area (Å²) in [6, 6.07) is 91.7. The molecule has 0 saturated heterocycles. The van der Waals surface area contributed by atoms with E-state index in [-0.39, 0.29) is 58.8 Å². The Morgan fingerprint density at radius 2 is 0.417 bits per heavy atom. The third kappa shape index (κ3) is 18.1. The van der Waals surface area contributed by atoms with Crippen molar-refractivity contribution in [1.82, 2.24) is 0 Å². The highest BCUT2D eigenvalue weighted by atomic mass is 127. The van der Waals surface area contributed by atoms with Gasteiger partial charge < -0.3 is 56.9 Å². The lowest BCUT2D eigenvalue weighted by Gasteiger charge is -2.47. The molecule has 0 amide bonds. The third-order valence-electron chi connectivity index (χ3n) is 18.6. The van der Waals surface area contributed by atoms with Crippen molar-refractivity contribution < 1.29 is 56.9 Å². The van der Waals surface area contributed by atoms with Gasteiger partial charge >= 0.3 is 0 Å². The Morgan fingerprint density at radius 3 is 0.583 bits per heavy atom. The van der Waals surface area contributed by atoms with Gasteiger partial charge in [-0.3, -0.25) is 0 Å². The predicted octanol–water partition coefficient (Wildman–Crippen LogP) is 15.5. The zero-order valence-corrected chi connectivity index (χ0v) is 56.8. The molecule has 0 aliphatic rings. The van der Waals surface area contributed by atoms with E-state index in [2.05, 4.69) is 284 Å². The number of unbranched alkanes of at least 4 members (excludes halogenated alkanes) is 6. The minimum atomic E-state index is -0.216. The van der Waals surface area contributed by atoms with Crippen molar-refractivity contribution in [3.05, 3.63) is 287 Å². The highest BCUT2D eigenvalue weighted by molar-refractivity contribution is 5.52. The van der Waals surface area contributed by atoms with E-state index < -0.39 is 0 Å². The lowest BCUT2D eigenvalue weighted by atomic mass is 9.66. The summed E-state index contributed by atoms with van der Waals surface area (Å²) in [6.07, 6.45) is 19.7.